The summed E-state index contributed by atoms with van der Waals surface area (Å²) in [6.07, 6.45) is 5.07. The van der Waals surface area contributed by atoms with Gasteiger partial charge in [0.25, 0.3) is 0 Å². The quantitative estimate of drug-likeness (QED) is 0.897. The third-order valence-electron chi connectivity index (χ3n) is 4.81. The maximum atomic E-state index is 6.35. The van der Waals surface area contributed by atoms with Gasteiger partial charge in [-0.2, -0.15) is 0 Å². The van der Waals surface area contributed by atoms with Crippen molar-refractivity contribution in [2.75, 3.05) is 35.6 Å². The highest BCUT2D eigenvalue weighted by molar-refractivity contribution is 5.75. The molecule has 1 aromatic heterocycles. The monoisotopic (exact) mass is 325 g/mol. The van der Waals surface area contributed by atoms with E-state index < -0.39 is 0 Å². The highest BCUT2D eigenvalue weighted by Crippen LogP contribution is 2.30. The number of hydrogen-bond acceptors (Lipinski definition) is 6. The average Bonchev–Trinajstić information content (AvgIpc) is 3.14. The fourth-order valence-electron chi connectivity index (χ4n) is 3.47. The lowest BCUT2D eigenvalue weighted by molar-refractivity contribution is 0.120. The Kier molecular flexibility index (Phi) is 4.21. The molecule has 1 fully saturated rings. The van der Waals surface area contributed by atoms with Crippen LogP contribution in [0, 0.1) is 0 Å². The molecule has 126 valence electrons. The summed E-state index contributed by atoms with van der Waals surface area (Å²) >= 11 is 0. The molecule has 2 aliphatic rings. The van der Waals surface area contributed by atoms with Crippen molar-refractivity contribution < 1.29 is 4.74 Å². The van der Waals surface area contributed by atoms with Crippen molar-refractivity contribution in [3.05, 3.63) is 41.7 Å². The summed E-state index contributed by atoms with van der Waals surface area (Å²) in [6, 6.07) is 8.56. The Morgan fingerprint density at radius 3 is 2.96 bits per heavy atom. The van der Waals surface area contributed by atoms with E-state index in [1.54, 1.807) is 6.33 Å². The highest BCUT2D eigenvalue weighted by Gasteiger charge is 2.21. The predicted molar refractivity (Wildman–Crippen MR) is 95.1 cm³/mol. The first-order valence-electron chi connectivity index (χ1n) is 8.59. The van der Waals surface area contributed by atoms with Gasteiger partial charge in [0.15, 0.2) is 11.6 Å². The van der Waals surface area contributed by atoms with E-state index >= 15 is 0 Å². The van der Waals surface area contributed by atoms with Crippen LogP contribution in [-0.4, -0.2) is 35.8 Å². The molecule has 3 N–H and O–H groups in total. The molecule has 0 aliphatic carbocycles. The number of nitrogen functional groups attached to an aromatic ring is 1. The molecule has 1 saturated heterocycles. The zero-order valence-electron chi connectivity index (χ0n) is 13.7. The third-order valence-corrected chi connectivity index (χ3v) is 4.81. The van der Waals surface area contributed by atoms with Gasteiger partial charge in [0.2, 0.25) is 0 Å². The number of benzene rings is 1. The first kappa shape index (κ1) is 15.2. The Labute approximate surface area is 142 Å². The summed E-state index contributed by atoms with van der Waals surface area (Å²) < 4.78 is 5.64. The summed E-state index contributed by atoms with van der Waals surface area (Å²) in [6.45, 7) is 3.35. The Bertz CT molecular complexity index is 714. The standard InChI is InChI=1S/C18H23N5O/c19-16-17(20-10-15-6-3-9-24-15)21-12-22-18(16)23-8-7-13-4-1-2-5-14(13)11-23/h1-2,4-5,12,15H,3,6-11,19H2,(H,20,21,22). The summed E-state index contributed by atoms with van der Waals surface area (Å²) in [7, 11) is 0. The normalized spacial score (nSPS) is 20.0. The van der Waals surface area contributed by atoms with Crippen LogP contribution in [0.25, 0.3) is 0 Å². The number of rotatable bonds is 4. The van der Waals surface area contributed by atoms with Gasteiger partial charge >= 0.3 is 0 Å². The van der Waals surface area contributed by atoms with E-state index in [9.17, 15) is 0 Å². The van der Waals surface area contributed by atoms with Crippen LogP contribution in [0.5, 0.6) is 0 Å². The molecule has 1 aromatic carbocycles. The van der Waals surface area contributed by atoms with Crippen molar-refractivity contribution >= 4 is 17.3 Å². The van der Waals surface area contributed by atoms with Crippen molar-refractivity contribution in [2.45, 2.75) is 31.9 Å². The number of nitrogens with one attached hydrogen (secondary N) is 1. The van der Waals surface area contributed by atoms with E-state index in [-0.39, 0.29) is 6.10 Å². The van der Waals surface area contributed by atoms with Gasteiger partial charge in [-0.15, -0.1) is 0 Å². The van der Waals surface area contributed by atoms with Crippen LogP contribution in [0.15, 0.2) is 30.6 Å². The van der Waals surface area contributed by atoms with Crippen LogP contribution < -0.4 is 16.0 Å². The van der Waals surface area contributed by atoms with Crippen LogP contribution in [0.1, 0.15) is 24.0 Å². The first-order chi connectivity index (χ1) is 11.8. The first-order valence-corrected chi connectivity index (χ1v) is 8.59. The molecule has 3 heterocycles. The topological polar surface area (TPSA) is 76.3 Å². The summed E-state index contributed by atoms with van der Waals surface area (Å²) in [5.41, 5.74) is 9.73. The second-order valence-electron chi connectivity index (χ2n) is 6.42. The number of anilines is 3. The van der Waals surface area contributed by atoms with Crippen molar-refractivity contribution in [3.63, 3.8) is 0 Å². The molecule has 2 aromatic rings. The fraction of sp³-hybridized carbons (Fsp3) is 0.444. The SMILES string of the molecule is Nc1c(NCC2CCCO2)ncnc1N1CCc2ccccc2C1. The summed E-state index contributed by atoms with van der Waals surface area (Å²) in [4.78, 5) is 11.0. The van der Waals surface area contributed by atoms with Gasteiger partial charge < -0.3 is 20.7 Å². The number of hydrogen-bond donors (Lipinski definition) is 2. The van der Waals surface area contributed by atoms with Gasteiger partial charge in [0.05, 0.1) is 6.10 Å². The molecule has 24 heavy (non-hydrogen) atoms. The smallest absolute Gasteiger partial charge is 0.157 e. The lowest BCUT2D eigenvalue weighted by Gasteiger charge is -2.30. The Hall–Kier alpha value is -2.34. The van der Waals surface area contributed by atoms with Crippen LogP contribution in [0.4, 0.5) is 17.3 Å². The van der Waals surface area contributed by atoms with Gasteiger partial charge in [-0.3, -0.25) is 0 Å². The highest BCUT2D eigenvalue weighted by atomic mass is 16.5. The van der Waals surface area contributed by atoms with Crippen molar-refractivity contribution in [3.8, 4) is 0 Å². The van der Waals surface area contributed by atoms with Crippen LogP contribution >= 0.6 is 0 Å². The third kappa shape index (κ3) is 3.01. The molecule has 0 bridgehead atoms. The van der Waals surface area contributed by atoms with E-state index in [1.807, 2.05) is 0 Å². The maximum absolute atomic E-state index is 6.35. The van der Waals surface area contributed by atoms with Crippen LogP contribution in [0.2, 0.25) is 0 Å². The van der Waals surface area contributed by atoms with E-state index in [4.69, 9.17) is 10.5 Å². The number of aromatic nitrogens is 2. The van der Waals surface area contributed by atoms with E-state index in [2.05, 4.69) is 44.5 Å². The van der Waals surface area contributed by atoms with Gasteiger partial charge in [-0.05, 0) is 30.4 Å². The zero-order valence-corrected chi connectivity index (χ0v) is 13.7. The van der Waals surface area contributed by atoms with E-state index in [0.717, 1.165) is 51.3 Å². The van der Waals surface area contributed by atoms with Crippen molar-refractivity contribution in [1.82, 2.24) is 9.97 Å². The van der Waals surface area contributed by atoms with Crippen LogP contribution in [-0.2, 0) is 17.7 Å². The van der Waals surface area contributed by atoms with Crippen molar-refractivity contribution in [2.24, 2.45) is 0 Å². The number of fused-ring (bicyclic) bond motifs is 1. The Balaban J connectivity index is 1.50. The molecule has 0 spiro atoms. The zero-order chi connectivity index (χ0) is 16.4. The van der Waals surface area contributed by atoms with E-state index in [0.29, 0.717) is 11.5 Å². The Morgan fingerprint density at radius 2 is 2.12 bits per heavy atom. The molecule has 0 radical (unpaired) electrons. The summed E-state index contributed by atoms with van der Waals surface area (Å²) in [5, 5.41) is 3.33. The van der Waals surface area contributed by atoms with Crippen molar-refractivity contribution in [1.29, 1.82) is 0 Å². The minimum atomic E-state index is 0.254. The van der Waals surface area contributed by atoms with Gasteiger partial charge in [-0.1, -0.05) is 24.3 Å². The fourth-order valence-corrected chi connectivity index (χ4v) is 3.47. The molecule has 0 saturated carbocycles. The predicted octanol–water partition coefficient (Wildman–Crippen LogP) is 2.21. The van der Waals surface area contributed by atoms with Gasteiger partial charge in [0.1, 0.15) is 12.0 Å². The molecular formula is C18H23N5O. The largest absolute Gasteiger partial charge is 0.393 e. The molecule has 6 nitrogen and oxygen atoms in total. The lowest BCUT2D eigenvalue weighted by Crippen LogP contribution is -2.32. The molecule has 4 rings (SSSR count). The molecule has 0 amide bonds. The second-order valence-corrected chi connectivity index (χ2v) is 6.42. The summed E-state index contributed by atoms with van der Waals surface area (Å²) in [5.74, 6) is 1.52. The molecular weight excluding hydrogens is 302 g/mol. The number of nitrogens with zero attached hydrogens (tertiary/aromatic N) is 3. The lowest BCUT2D eigenvalue weighted by atomic mass is 10.00. The second kappa shape index (κ2) is 6.65. The average molecular weight is 325 g/mol. The molecule has 1 atom stereocenters. The minimum absolute atomic E-state index is 0.254. The molecule has 1 unspecified atom stereocenters. The minimum Gasteiger partial charge on any atom is -0.393 e. The van der Waals surface area contributed by atoms with Crippen LogP contribution in [0.3, 0.4) is 0 Å². The molecule has 6 heteroatoms. The van der Waals surface area contributed by atoms with Gasteiger partial charge in [-0.25, -0.2) is 9.97 Å². The number of ether oxygens (including phenoxy) is 1. The van der Waals surface area contributed by atoms with E-state index in [1.165, 1.54) is 11.1 Å². The van der Waals surface area contributed by atoms with Gasteiger partial charge in [0, 0.05) is 26.2 Å². The number of nitrogens with two attached hydrogens (primary N) is 1. The Morgan fingerprint density at radius 1 is 1.25 bits per heavy atom. The molecule has 2 aliphatic heterocycles. The maximum Gasteiger partial charge on any atom is 0.157 e.